The molecule has 2 heterocycles. The Morgan fingerprint density at radius 3 is 1.89 bits per heavy atom. The van der Waals surface area contributed by atoms with E-state index in [1.54, 1.807) is 20.3 Å². The quantitative estimate of drug-likeness (QED) is 0.0451. The Hall–Kier alpha value is -5.56. The fourth-order valence-corrected chi connectivity index (χ4v) is 9.70. The fourth-order valence-electron chi connectivity index (χ4n) is 9.28. The number of benzene rings is 5. The third-order valence-corrected chi connectivity index (χ3v) is 13.0. The number of halogens is 1. The van der Waals surface area contributed by atoms with Gasteiger partial charge in [0.15, 0.2) is 11.5 Å². The van der Waals surface area contributed by atoms with Crippen LogP contribution in [0.15, 0.2) is 126 Å². The molecular weight excluding hydrogens is 874 g/mol. The molecule has 2 unspecified atom stereocenters. The maximum atomic E-state index is 15.4. The number of nitrogens with zero attached hydrogens (tertiary/aromatic N) is 3. The minimum absolute atomic E-state index is 0.189. The molecular formula is C52H60BrN3O8. The van der Waals surface area contributed by atoms with Crippen LogP contribution in [-0.2, 0) is 24.5 Å². The monoisotopic (exact) mass is 933 g/mol. The SMILES string of the molecule is COC(=O)C1=C(C)N(CCCOc2ccc3ccccc3c2)C(C)=C(C(=O)OCCCN2CCN(C)CC2)C1(c1ccc(OC)c(OC)c1)C(CCBr)Oc1ccc2ccccc2c1. The summed E-state index contributed by atoms with van der Waals surface area (Å²) in [4.78, 5) is 37.0. The Morgan fingerprint density at radius 2 is 1.27 bits per heavy atom. The zero-order chi connectivity index (χ0) is 45.2. The molecule has 64 heavy (non-hydrogen) atoms. The Balaban J connectivity index is 1.34. The summed E-state index contributed by atoms with van der Waals surface area (Å²) in [7, 11) is 6.65. The van der Waals surface area contributed by atoms with Crippen molar-refractivity contribution in [3.05, 3.63) is 131 Å². The molecule has 2 aliphatic rings. The number of rotatable bonds is 19. The Morgan fingerprint density at radius 1 is 0.672 bits per heavy atom. The zero-order valence-electron chi connectivity index (χ0n) is 37.9. The molecule has 2 atom stereocenters. The third-order valence-electron chi connectivity index (χ3n) is 12.6. The Bertz CT molecular complexity index is 2500. The van der Waals surface area contributed by atoms with Crippen molar-refractivity contribution in [2.75, 3.05) is 86.2 Å². The van der Waals surface area contributed by atoms with Crippen molar-refractivity contribution in [2.24, 2.45) is 0 Å². The van der Waals surface area contributed by atoms with Crippen LogP contribution in [0.3, 0.4) is 0 Å². The molecule has 5 aromatic rings. The molecule has 5 aromatic carbocycles. The van der Waals surface area contributed by atoms with Crippen molar-refractivity contribution >= 4 is 49.4 Å². The number of piperazine rings is 1. The van der Waals surface area contributed by atoms with Gasteiger partial charge in [-0.3, -0.25) is 0 Å². The summed E-state index contributed by atoms with van der Waals surface area (Å²) in [6, 6.07) is 33.8. The first-order chi connectivity index (χ1) is 31.1. The van der Waals surface area contributed by atoms with Gasteiger partial charge in [-0.15, -0.1) is 0 Å². The van der Waals surface area contributed by atoms with Crippen LogP contribution >= 0.6 is 15.9 Å². The summed E-state index contributed by atoms with van der Waals surface area (Å²) in [6.07, 6.45) is 0.752. The second kappa shape index (κ2) is 21.4. The van der Waals surface area contributed by atoms with Gasteiger partial charge in [0.25, 0.3) is 0 Å². The minimum Gasteiger partial charge on any atom is -0.494 e. The predicted octanol–water partition coefficient (Wildman–Crippen LogP) is 9.17. The molecule has 1 fully saturated rings. The van der Waals surface area contributed by atoms with Crippen LogP contribution in [0.2, 0.25) is 0 Å². The van der Waals surface area contributed by atoms with E-state index >= 15 is 4.79 Å². The van der Waals surface area contributed by atoms with E-state index in [4.69, 9.17) is 28.4 Å². The molecule has 0 radical (unpaired) electrons. The van der Waals surface area contributed by atoms with Crippen LogP contribution in [0.4, 0.5) is 0 Å². The lowest BCUT2D eigenvalue weighted by atomic mass is 9.61. The van der Waals surface area contributed by atoms with E-state index in [1.807, 2.05) is 97.6 Å². The molecule has 0 aromatic heterocycles. The molecule has 1 saturated heterocycles. The number of carbonyl (C=O) groups excluding carboxylic acids is 2. The van der Waals surface area contributed by atoms with Crippen molar-refractivity contribution < 1.29 is 38.0 Å². The molecule has 338 valence electrons. The molecule has 0 amide bonds. The lowest BCUT2D eigenvalue weighted by molar-refractivity contribution is -0.141. The standard InChI is InChI=1S/C52H60BrN3O8/c1-36-48(50(57)61-6)52(42-19-22-45(59-4)46(35-42)60-5,47(23-24-53)64-44-21-18-39-14-8-10-16-41(39)34-44)49(51(58)63-32-11-25-55-29-27-54(3)28-30-55)37(2)56(36)26-12-31-62-43-20-17-38-13-7-9-15-40(38)33-43/h7-10,13-22,33-35,47H,11-12,23-32H2,1-6H3. The molecule has 0 saturated carbocycles. The largest absolute Gasteiger partial charge is 0.494 e. The lowest BCUT2D eigenvalue weighted by Gasteiger charge is -2.49. The van der Waals surface area contributed by atoms with Gasteiger partial charge in [0, 0.05) is 56.0 Å². The highest BCUT2D eigenvalue weighted by molar-refractivity contribution is 9.09. The van der Waals surface area contributed by atoms with E-state index in [-0.39, 0.29) is 17.8 Å². The second-order valence-corrected chi connectivity index (χ2v) is 17.2. The average molecular weight is 935 g/mol. The number of carbonyl (C=O) groups is 2. The normalized spacial score (nSPS) is 17.7. The van der Waals surface area contributed by atoms with E-state index in [1.165, 1.54) is 7.11 Å². The highest BCUT2D eigenvalue weighted by atomic mass is 79.9. The summed E-state index contributed by atoms with van der Waals surface area (Å²) < 4.78 is 37.2. The van der Waals surface area contributed by atoms with Crippen molar-refractivity contribution in [1.82, 2.24) is 14.7 Å². The number of esters is 2. The van der Waals surface area contributed by atoms with E-state index < -0.39 is 23.5 Å². The van der Waals surface area contributed by atoms with Gasteiger partial charge in [-0.25, -0.2) is 9.59 Å². The lowest BCUT2D eigenvalue weighted by Crippen LogP contribution is -2.55. The van der Waals surface area contributed by atoms with Gasteiger partial charge >= 0.3 is 11.9 Å². The van der Waals surface area contributed by atoms with Crippen molar-refractivity contribution in [3.63, 3.8) is 0 Å². The van der Waals surface area contributed by atoms with Gasteiger partial charge in [0.2, 0.25) is 0 Å². The highest BCUT2D eigenvalue weighted by Crippen LogP contribution is 2.53. The number of ether oxygens (including phenoxy) is 6. The number of hydrogen-bond donors (Lipinski definition) is 0. The van der Waals surface area contributed by atoms with Crippen LogP contribution < -0.4 is 18.9 Å². The molecule has 12 heteroatoms. The van der Waals surface area contributed by atoms with Crippen LogP contribution in [0.25, 0.3) is 21.5 Å². The maximum absolute atomic E-state index is 15.4. The number of allylic oxidation sites excluding steroid dienone is 2. The first-order valence-electron chi connectivity index (χ1n) is 22.0. The number of likely N-dealkylation sites (N-methyl/N-ethyl adjacent to an activating group) is 1. The van der Waals surface area contributed by atoms with Crippen LogP contribution in [-0.4, -0.2) is 119 Å². The van der Waals surface area contributed by atoms with Crippen molar-refractivity contribution in [1.29, 1.82) is 0 Å². The fraction of sp³-hybridized carbons (Fsp3) is 0.385. The summed E-state index contributed by atoms with van der Waals surface area (Å²) in [6.45, 7) is 9.58. The van der Waals surface area contributed by atoms with Gasteiger partial charge in [-0.1, -0.05) is 82.7 Å². The van der Waals surface area contributed by atoms with E-state index in [2.05, 4.69) is 51.0 Å². The van der Waals surface area contributed by atoms with Gasteiger partial charge < -0.3 is 43.1 Å². The molecule has 0 N–H and O–H groups in total. The van der Waals surface area contributed by atoms with Crippen LogP contribution in [0.1, 0.15) is 38.7 Å². The molecule has 0 spiro atoms. The summed E-state index contributed by atoms with van der Waals surface area (Å²) in [5.41, 5.74) is 0.813. The van der Waals surface area contributed by atoms with E-state index in [0.29, 0.717) is 72.0 Å². The van der Waals surface area contributed by atoms with Crippen LogP contribution in [0, 0.1) is 0 Å². The second-order valence-electron chi connectivity index (χ2n) is 16.4. The van der Waals surface area contributed by atoms with Gasteiger partial charge in [0.1, 0.15) is 17.6 Å². The van der Waals surface area contributed by atoms with Crippen molar-refractivity contribution in [3.8, 4) is 23.0 Å². The summed E-state index contributed by atoms with van der Waals surface area (Å²) >= 11 is 3.74. The number of hydrogen-bond acceptors (Lipinski definition) is 11. The maximum Gasteiger partial charge on any atom is 0.337 e. The third kappa shape index (κ3) is 9.89. The predicted molar refractivity (Wildman–Crippen MR) is 256 cm³/mol. The van der Waals surface area contributed by atoms with E-state index in [9.17, 15) is 4.79 Å². The van der Waals surface area contributed by atoms with Gasteiger partial charge in [-0.2, -0.15) is 0 Å². The average Bonchev–Trinajstić information content (AvgIpc) is 3.32. The van der Waals surface area contributed by atoms with Gasteiger partial charge in [0.05, 0.1) is 51.1 Å². The topological polar surface area (TPSA) is 99.2 Å². The highest BCUT2D eigenvalue weighted by Gasteiger charge is 2.58. The van der Waals surface area contributed by atoms with Gasteiger partial charge in [-0.05, 0) is 104 Å². The molecule has 7 rings (SSSR count). The number of fused-ring (bicyclic) bond motifs is 2. The number of alkyl halides is 1. The Labute approximate surface area is 385 Å². The Kier molecular flexibility index (Phi) is 15.5. The summed E-state index contributed by atoms with van der Waals surface area (Å²) in [5.74, 6) is 1.13. The molecule has 2 aliphatic heterocycles. The molecule has 0 aliphatic carbocycles. The first kappa shape index (κ1) is 46.4. The number of methoxy groups -OCH3 is 3. The molecule has 11 nitrogen and oxygen atoms in total. The minimum atomic E-state index is -1.58. The first-order valence-corrected chi connectivity index (χ1v) is 23.2. The zero-order valence-corrected chi connectivity index (χ0v) is 39.4. The summed E-state index contributed by atoms with van der Waals surface area (Å²) in [5, 5.41) is 4.76. The van der Waals surface area contributed by atoms with E-state index in [0.717, 1.165) is 60.0 Å². The van der Waals surface area contributed by atoms with Crippen molar-refractivity contribution in [2.45, 2.75) is 44.6 Å². The van der Waals surface area contributed by atoms with Crippen LogP contribution in [0.5, 0.6) is 23.0 Å². The smallest absolute Gasteiger partial charge is 0.337 e. The molecule has 0 bridgehead atoms.